The van der Waals surface area contributed by atoms with Crippen LogP contribution in [0.1, 0.15) is 271 Å². The summed E-state index contributed by atoms with van der Waals surface area (Å²) in [6.45, 7) is 39.3. The summed E-state index contributed by atoms with van der Waals surface area (Å²) in [5, 5.41) is 21.0. The Morgan fingerprint density at radius 2 is 0.632 bits per heavy atom. The Labute approximate surface area is 833 Å². The maximum absolute atomic E-state index is 13.7. The smallest absolute Gasteiger partial charge is 0.290 e. The fourth-order valence-corrected chi connectivity index (χ4v) is 20.4. The summed E-state index contributed by atoms with van der Waals surface area (Å²) in [6.07, 6.45) is 5.46. The van der Waals surface area contributed by atoms with Crippen molar-refractivity contribution in [3.63, 3.8) is 0 Å². The lowest BCUT2D eigenvalue weighted by Gasteiger charge is -2.48. The van der Waals surface area contributed by atoms with Crippen LogP contribution < -0.4 is 0 Å². The number of hydrogen-bond donors (Lipinski definition) is 2. The first-order valence-corrected chi connectivity index (χ1v) is 50.0. The lowest BCUT2D eigenvalue weighted by molar-refractivity contribution is -0.156. The summed E-state index contributed by atoms with van der Waals surface area (Å²) in [4.78, 5) is 138. The number of carbonyl (C=O) groups excluding carboxylic acids is 8. The van der Waals surface area contributed by atoms with E-state index in [0.29, 0.717) is 152 Å². The highest BCUT2D eigenvalue weighted by Crippen LogP contribution is 2.51. The molecule has 3 aliphatic carbocycles. The lowest BCUT2D eigenvalue weighted by Crippen LogP contribution is -2.64. The van der Waals surface area contributed by atoms with Gasteiger partial charge >= 0.3 is 0 Å². The number of amides is 8. The van der Waals surface area contributed by atoms with Gasteiger partial charge in [0.05, 0.1) is 44.9 Å². The molecule has 8 amide bonds. The maximum atomic E-state index is 13.7. The van der Waals surface area contributed by atoms with Crippen LogP contribution >= 0.6 is 0 Å². The van der Waals surface area contributed by atoms with Crippen LogP contribution in [-0.2, 0) is 19.2 Å². The summed E-state index contributed by atoms with van der Waals surface area (Å²) in [7, 11) is 0. The number of piperazine rings is 4. The first kappa shape index (κ1) is 104. The van der Waals surface area contributed by atoms with Gasteiger partial charge in [0, 0.05) is 160 Å². The second-order valence-electron chi connectivity index (χ2n) is 43.2. The Balaban J connectivity index is 0.000000138. The number of halogens is 6. The fourth-order valence-electron chi connectivity index (χ4n) is 20.4. The molecule has 4 aliphatic heterocycles. The number of alkyl halides is 2. The van der Waals surface area contributed by atoms with E-state index in [1.54, 1.807) is 111 Å². The molecule has 26 nitrogen and oxygen atoms in total. The standard InChI is InChI=1S/C29H36FN3O4.C29H34FN3O3.C27H28F3N3O3.C27H30FN3O4/c1-7-29(36,8-2)27(35)32-13-14-33(28(5,6)17-32)26(34)24-16-23-25(37-24)21(18(3)4)15-22(31-23)19-9-11-20(30)12-10-19;1-18(2)22-15-23(19-9-11-21(30)12-10-19)31-24-16-25(36-26(22)24)28(35)33-14-13-32(17-29(33,3)4)27(34)20-7-5-6-8-20;1-15(2)18-11-20(16-5-7-17(28)8-6-16)31-21-12-22(36-23(18)21)25(35)33-10-9-32(14-26(33,3)4)24(34)19-13-27(19,29)30;1-16(2)19-13-20(17-5-7-18(28)8-6-17)29-21-14-22(35-23(19)21)24(32)31-12-11-30(15-26(31,3)4)25(33)27(34)9-10-27/h9-12,15-16,18,36H,7-8,13-14,17H2,1-6H3;9-12,15-16,18,20H,5-8,13-14,17H2,1-4H3;5-8,11-12,15,19H,9-10,13-14H2,1-4H3;5-8,13-14,16,34H,9-12,15H2,1-4H3. The third-order valence-corrected chi connectivity index (χ3v) is 29.2. The van der Waals surface area contributed by atoms with Gasteiger partial charge in [-0.2, -0.15) is 0 Å². The third-order valence-electron chi connectivity index (χ3n) is 29.2. The summed E-state index contributed by atoms with van der Waals surface area (Å²) < 4.78 is 105. The molecule has 8 aromatic heterocycles. The zero-order valence-corrected chi connectivity index (χ0v) is 85.1. The molecule has 1 atom stereocenters. The maximum Gasteiger partial charge on any atom is 0.290 e. The van der Waals surface area contributed by atoms with Gasteiger partial charge in [-0.3, -0.25) is 38.4 Å². The number of furan rings is 4. The van der Waals surface area contributed by atoms with Gasteiger partial charge in [0.1, 0.15) is 62.5 Å². The molecule has 762 valence electrons. The molecule has 1 unspecified atom stereocenters. The molecule has 144 heavy (non-hydrogen) atoms. The molecule has 2 N–H and O–H groups in total. The van der Waals surface area contributed by atoms with Crippen molar-refractivity contribution in [1.29, 1.82) is 0 Å². The van der Waals surface area contributed by atoms with E-state index in [1.165, 1.54) is 53.4 Å². The number of pyridine rings is 4. The van der Waals surface area contributed by atoms with Crippen molar-refractivity contribution in [3.05, 3.63) is 214 Å². The molecule has 32 heteroatoms. The summed E-state index contributed by atoms with van der Waals surface area (Å²) in [6, 6.07) is 38.9. The summed E-state index contributed by atoms with van der Waals surface area (Å²) >= 11 is 0. The van der Waals surface area contributed by atoms with Gasteiger partial charge in [0.2, 0.25) is 11.8 Å². The SMILES string of the molecule is CC(C)c1cc(-c2ccc(F)cc2)nc2cc(C(=O)N3CCN(C(=O)C4(O)CC4)CC3(C)C)oc12.CC(C)c1cc(-c2ccc(F)cc2)nc2cc(C(=O)N3CCN(C(=O)C4CC4(F)F)CC3(C)C)oc12.CC(C)c1cc(-c2ccc(F)cc2)nc2cc(C(=O)N3CCN(C(=O)C4CCCC4)CC3(C)C)oc12.CCC(O)(CC)C(=O)N1CCN(C(=O)c2cc3nc(-c4ccc(F)cc4)cc(C(C)C)c3o2)C(C)(C)C1. The Morgan fingerprint density at radius 3 is 0.882 bits per heavy atom. The van der Waals surface area contributed by atoms with E-state index in [0.717, 1.165) is 70.2 Å². The van der Waals surface area contributed by atoms with Crippen molar-refractivity contribution in [2.75, 3.05) is 78.5 Å². The van der Waals surface area contributed by atoms with E-state index >= 15 is 0 Å². The molecular weight excluding hydrogens is 1850 g/mol. The topological polar surface area (TPSA) is 307 Å². The number of carbonyl (C=O) groups is 8. The Hall–Kier alpha value is -13.1. The second-order valence-corrected chi connectivity index (χ2v) is 43.2. The number of aromatic nitrogens is 4. The van der Waals surface area contributed by atoms with E-state index in [4.69, 9.17) is 32.6 Å². The Morgan fingerprint density at radius 1 is 0.382 bits per heavy atom. The van der Waals surface area contributed by atoms with Crippen molar-refractivity contribution < 1.29 is 92.6 Å². The van der Waals surface area contributed by atoms with Gasteiger partial charge < -0.3 is 67.1 Å². The predicted octanol–water partition coefficient (Wildman–Crippen LogP) is 21.2. The lowest BCUT2D eigenvalue weighted by atomic mass is 9.92. The minimum Gasteiger partial charge on any atom is -0.449 e. The summed E-state index contributed by atoms with van der Waals surface area (Å²) in [5.74, 6) is -6.02. The van der Waals surface area contributed by atoms with Crippen molar-refractivity contribution in [3.8, 4) is 45.0 Å². The van der Waals surface area contributed by atoms with E-state index in [9.17, 15) is 74.9 Å². The Bertz CT molecular complexity index is 6700. The van der Waals surface area contributed by atoms with Crippen molar-refractivity contribution in [2.24, 2.45) is 11.8 Å². The Kier molecular flexibility index (Phi) is 28.9. The van der Waals surface area contributed by atoms with Gasteiger partial charge in [-0.15, -0.1) is 0 Å². The van der Waals surface area contributed by atoms with Crippen molar-refractivity contribution >= 4 is 91.7 Å². The van der Waals surface area contributed by atoms with Gasteiger partial charge in [0.25, 0.3) is 41.4 Å². The van der Waals surface area contributed by atoms with Crippen LogP contribution in [-0.4, -0.2) is 234 Å². The van der Waals surface area contributed by atoms with Crippen LogP contribution in [0.3, 0.4) is 0 Å². The van der Waals surface area contributed by atoms with Crippen LogP contribution in [0.2, 0.25) is 0 Å². The summed E-state index contributed by atoms with van der Waals surface area (Å²) in [5.41, 5.74) is 8.80. The average Bonchev–Trinajstić information content (AvgIpc) is 1.60. The number of fused-ring (bicyclic) bond motifs is 4. The zero-order valence-electron chi connectivity index (χ0n) is 85.1. The van der Waals surface area contributed by atoms with Gasteiger partial charge in [-0.1, -0.05) is 82.1 Å². The van der Waals surface area contributed by atoms with E-state index in [1.807, 2.05) is 131 Å². The molecule has 3 saturated carbocycles. The van der Waals surface area contributed by atoms with Gasteiger partial charge in [0.15, 0.2) is 45.4 Å². The van der Waals surface area contributed by atoms with Crippen LogP contribution in [0.4, 0.5) is 26.3 Å². The number of nitrogens with zero attached hydrogens (tertiary/aromatic N) is 12. The van der Waals surface area contributed by atoms with E-state index < -0.39 is 57.5 Å². The molecule has 4 saturated heterocycles. The predicted molar refractivity (Wildman–Crippen MR) is 535 cm³/mol. The van der Waals surface area contributed by atoms with Crippen LogP contribution in [0.25, 0.3) is 89.4 Å². The first-order valence-electron chi connectivity index (χ1n) is 50.0. The molecular formula is C112H128F6N12O14. The normalized spacial score (nSPS) is 18.5. The minimum absolute atomic E-state index is 0.0790. The second kappa shape index (κ2) is 40.1. The number of rotatable bonds is 18. The van der Waals surface area contributed by atoms with Crippen LogP contribution in [0.5, 0.6) is 0 Å². The quantitative estimate of drug-likeness (QED) is 0.0754. The molecule has 7 fully saturated rings. The largest absolute Gasteiger partial charge is 0.449 e. The molecule has 0 bridgehead atoms. The van der Waals surface area contributed by atoms with Crippen molar-refractivity contribution in [2.45, 2.75) is 245 Å². The molecule has 12 heterocycles. The zero-order chi connectivity index (χ0) is 104. The first-order chi connectivity index (χ1) is 67.9. The number of aliphatic hydroxyl groups is 2. The monoisotopic (exact) mass is 1980 g/mol. The minimum atomic E-state index is -2.92. The van der Waals surface area contributed by atoms with Gasteiger partial charge in [-0.05, 0) is 239 Å². The van der Waals surface area contributed by atoms with Gasteiger partial charge in [-0.25, -0.2) is 46.3 Å². The molecule has 12 aromatic rings. The number of hydrogen-bond acceptors (Lipinski definition) is 18. The molecule has 7 aliphatic rings. The third kappa shape index (κ3) is 21.4. The highest BCUT2D eigenvalue weighted by molar-refractivity contribution is 6.01. The molecule has 4 aromatic carbocycles. The van der Waals surface area contributed by atoms with E-state index in [2.05, 4.69) is 18.8 Å². The molecule has 0 radical (unpaired) electrons. The van der Waals surface area contributed by atoms with E-state index in [-0.39, 0.29) is 137 Å². The van der Waals surface area contributed by atoms with Crippen molar-refractivity contribution in [1.82, 2.24) is 59.1 Å². The molecule has 0 spiro atoms. The molecule has 19 rings (SSSR count). The number of benzene rings is 4. The fraction of sp³-hybridized carbons (Fsp3) is 0.464. The highest BCUT2D eigenvalue weighted by Gasteiger charge is 2.63. The van der Waals surface area contributed by atoms with Crippen LogP contribution in [0.15, 0.2) is 163 Å². The van der Waals surface area contributed by atoms with Crippen LogP contribution in [0, 0.1) is 35.1 Å². The average molecular weight is 1980 g/mol. The highest BCUT2D eigenvalue weighted by atomic mass is 19.3.